The number of non-ortho nitro benzene ring substituents is 1. The van der Waals surface area contributed by atoms with Gasteiger partial charge in [0.15, 0.2) is 23.0 Å². The Morgan fingerprint density at radius 1 is 0.725 bits per heavy atom. The van der Waals surface area contributed by atoms with E-state index in [2.05, 4.69) is 9.80 Å². The molecule has 1 heterocycles. The van der Waals surface area contributed by atoms with Gasteiger partial charge in [0, 0.05) is 38.3 Å². The summed E-state index contributed by atoms with van der Waals surface area (Å²) in [7, 11) is 5.84. The number of nitro groups is 1. The van der Waals surface area contributed by atoms with E-state index in [1.54, 1.807) is 24.3 Å². The lowest BCUT2D eigenvalue weighted by molar-refractivity contribution is -0.384. The van der Waals surface area contributed by atoms with Crippen LogP contribution in [0.2, 0.25) is 0 Å². The van der Waals surface area contributed by atoms with Gasteiger partial charge in [0.25, 0.3) is 5.69 Å². The molecule has 1 N–H and O–H groups in total. The molecule has 0 atom stereocenters. The second-order valence-corrected chi connectivity index (χ2v) is 11.7. The van der Waals surface area contributed by atoms with E-state index in [4.69, 9.17) is 33.2 Å². The maximum absolute atomic E-state index is 12.8. The highest BCUT2D eigenvalue weighted by molar-refractivity contribution is 5.91. The van der Waals surface area contributed by atoms with E-state index in [0.717, 1.165) is 45.7 Å². The molecule has 0 saturated carbocycles. The van der Waals surface area contributed by atoms with Gasteiger partial charge in [0.05, 0.1) is 57.7 Å². The van der Waals surface area contributed by atoms with Crippen LogP contribution in [0.1, 0.15) is 45.5 Å². The molecule has 15 heteroatoms. The molecule has 1 saturated heterocycles. The number of phenols is 1. The summed E-state index contributed by atoms with van der Waals surface area (Å²) in [6, 6.07) is 11.7. The van der Waals surface area contributed by atoms with Crippen LogP contribution in [0.25, 0.3) is 0 Å². The number of hydrogen-bond donors (Lipinski definition) is 1. The molecule has 0 aliphatic carbocycles. The fourth-order valence-electron chi connectivity index (χ4n) is 5.64. The standard InChI is InChI=1S/C36H45N3O12/c1-45-30-21-27(22-31(46-2)34(30)48-4)36(42)50-19-7-15-38-13-5-12-37(16-17-38)14-6-18-49-35(41)26-20-29(40)33(47-3)32(23-26)51-24-25-8-10-28(11-9-25)39(43)44/h8-11,20-23,40H,5-7,12-19,24H2,1-4H3. The summed E-state index contributed by atoms with van der Waals surface area (Å²) < 4.78 is 38.0. The van der Waals surface area contributed by atoms with Crippen LogP contribution < -0.4 is 23.7 Å². The number of carbonyl (C=O) groups is 2. The second-order valence-electron chi connectivity index (χ2n) is 11.7. The summed E-state index contributed by atoms with van der Waals surface area (Å²) in [4.78, 5) is 40.6. The fourth-order valence-corrected chi connectivity index (χ4v) is 5.64. The molecule has 15 nitrogen and oxygen atoms in total. The number of aromatic hydroxyl groups is 1. The number of rotatable bonds is 18. The monoisotopic (exact) mass is 711 g/mol. The third-order valence-electron chi connectivity index (χ3n) is 8.30. The van der Waals surface area contributed by atoms with E-state index in [1.807, 2.05) is 0 Å². The van der Waals surface area contributed by atoms with Gasteiger partial charge in [-0.25, -0.2) is 9.59 Å². The average molecular weight is 712 g/mol. The van der Waals surface area contributed by atoms with Crippen molar-refractivity contribution in [2.75, 3.05) is 80.9 Å². The van der Waals surface area contributed by atoms with Crippen LogP contribution in [-0.2, 0) is 16.1 Å². The lowest BCUT2D eigenvalue weighted by Gasteiger charge is -2.21. The summed E-state index contributed by atoms with van der Waals surface area (Å²) >= 11 is 0. The summed E-state index contributed by atoms with van der Waals surface area (Å²) in [5.41, 5.74) is 1.03. The largest absolute Gasteiger partial charge is 0.504 e. The van der Waals surface area contributed by atoms with Crippen molar-refractivity contribution < 1.29 is 52.8 Å². The number of methoxy groups -OCH3 is 4. The Kier molecular flexibility index (Phi) is 14.5. The van der Waals surface area contributed by atoms with Gasteiger partial charge in [-0.05, 0) is 74.3 Å². The molecular formula is C36H45N3O12. The predicted molar refractivity (Wildman–Crippen MR) is 185 cm³/mol. The third kappa shape index (κ3) is 10.9. The first-order valence-corrected chi connectivity index (χ1v) is 16.5. The SMILES string of the molecule is COc1cc(C(=O)OCCCN2CCCN(CCCOC(=O)c3cc(O)c(OC)c(OCc4ccc([N+](=O)[O-])cc4)c3)CC2)cc(OC)c1OC. The van der Waals surface area contributed by atoms with Crippen LogP contribution in [0, 0.1) is 10.1 Å². The average Bonchev–Trinajstić information content (AvgIpc) is 3.38. The van der Waals surface area contributed by atoms with Crippen LogP contribution in [-0.4, -0.2) is 113 Å². The van der Waals surface area contributed by atoms with Gasteiger partial charge < -0.3 is 48.1 Å². The first kappa shape index (κ1) is 38.5. The molecule has 0 unspecified atom stereocenters. The van der Waals surface area contributed by atoms with E-state index in [9.17, 15) is 24.8 Å². The number of carbonyl (C=O) groups excluding carboxylic acids is 2. The van der Waals surface area contributed by atoms with E-state index < -0.39 is 16.9 Å². The van der Waals surface area contributed by atoms with Crippen molar-refractivity contribution in [3.63, 3.8) is 0 Å². The third-order valence-corrected chi connectivity index (χ3v) is 8.30. The Hall–Kier alpha value is -5.28. The predicted octanol–water partition coefficient (Wildman–Crippen LogP) is 4.72. The number of benzene rings is 3. The minimum atomic E-state index is -0.610. The van der Waals surface area contributed by atoms with Gasteiger partial charge in [0.2, 0.25) is 11.5 Å². The van der Waals surface area contributed by atoms with Crippen LogP contribution >= 0.6 is 0 Å². The topological polar surface area (TPSA) is 169 Å². The lowest BCUT2D eigenvalue weighted by atomic mass is 10.1. The van der Waals surface area contributed by atoms with Gasteiger partial charge in [-0.3, -0.25) is 10.1 Å². The lowest BCUT2D eigenvalue weighted by Crippen LogP contribution is -2.32. The molecule has 51 heavy (non-hydrogen) atoms. The van der Waals surface area contributed by atoms with Crippen molar-refractivity contribution in [2.45, 2.75) is 25.9 Å². The second kappa shape index (κ2) is 19.2. The Bertz CT molecular complexity index is 1610. The molecule has 3 aromatic carbocycles. The Labute approximate surface area is 296 Å². The summed E-state index contributed by atoms with van der Waals surface area (Å²) in [6.07, 6.45) is 2.31. The molecular weight excluding hydrogens is 666 g/mol. The maximum Gasteiger partial charge on any atom is 0.338 e. The van der Waals surface area contributed by atoms with E-state index >= 15 is 0 Å². The normalized spacial score (nSPS) is 13.5. The first-order valence-electron chi connectivity index (χ1n) is 16.5. The van der Waals surface area contributed by atoms with Crippen molar-refractivity contribution in [2.24, 2.45) is 0 Å². The first-order chi connectivity index (χ1) is 24.7. The molecule has 0 spiro atoms. The highest BCUT2D eigenvalue weighted by Crippen LogP contribution is 2.39. The molecule has 1 fully saturated rings. The summed E-state index contributed by atoms with van der Waals surface area (Å²) in [5, 5.41) is 21.4. The van der Waals surface area contributed by atoms with E-state index in [0.29, 0.717) is 41.2 Å². The van der Waals surface area contributed by atoms with Crippen LogP contribution in [0.15, 0.2) is 48.5 Å². The van der Waals surface area contributed by atoms with Crippen molar-refractivity contribution in [3.05, 3.63) is 75.3 Å². The van der Waals surface area contributed by atoms with E-state index in [1.165, 1.54) is 52.7 Å². The zero-order chi connectivity index (χ0) is 36.8. The molecule has 1 aliphatic heterocycles. The van der Waals surface area contributed by atoms with Crippen LogP contribution in [0.4, 0.5) is 5.69 Å². The highest BCUT2D eigenvalue weighted by Gasteiger charge is 2.20. The number of phenolic OH excluding ortho intramolecular Hbond substituents is 1. The quantitative estimate of drug-likeness (QED) is 0.0833. The molecule has 0 aromatic heterocycles. The van der Waals surface area contributed by atoms with Crippen molar-refractivity contribution in [3.8, 4) is 34.5 Å². The number of esters is 2. The molecule has 0 bridgehead atoms. The van der Waals surface area contributed by atoms with Gasteiger partial charge in [0.1, 0.15) is 6.61 Å². The minimum absolute atomic E-state index is 0.0314. The van der Waals surface area contributed by atoms with Gasteiger partial charge >= 0.3 is 11.9 Å². The molecule has 1 aliphatic rings. The fraction of sp³-hybridized carbons (Fsp3) is 0.444. The van der Waals surface area contributed by atoms with Crippen LogP contribution in [0.3, 0.4) is 0 Å². The summed E-state index contributed by atoms with van der Waals surface area (Å²) in [6.45, 7) is 5.64. The van der Waals surface area contributed by atoms with E-state index in [-0.39, 0.29) is 48.3 Å². The van der Waals surface area contributed by atoms with Gasteiger partial charge in [-0.2, -0.15) is 0 Å². The number of nitrogens with zero attached hydrogens (tertiary/aromatic N) is 3. The highest BCUT2D eigenvalue weighted by atomic mass is 16.6. The maximum atomic E-state index is 12.8. The molecule has 0 radical (unpaired) electrons. The molecule has 276 valence electrons. The van der Waals surface area contributed by atoms with Gasteiger partial charge in [-0.1, -0.05) is 0 Å². The van der Waals surface area contributed by atoms with Crippen molar-refractivity contribution >= 4 is 17.6 Å². The Morgan fingerprint density at radius 3 is 1.73 bits per heavy atom. The Morgan fingerprint density at radius 2 is 1.24 bits per heavy atom. The van der Waals surface area contributed by atoms with Crippen LogP contribution in [0.5, 0.6) is 34.5 Å². The zero-order valence-electron chi connectivity index (χ0n) is 29.4. The smallest absolute Gasteiger partial charge is 0.338 e. The van der Waals surface area contributed by atoms with Gasteiger partial charge in [-0.15, -0.1) is 0 Å². The molecule has 4 rings (SSSR count). The zero-order valence-corrected chi connectivity index (χ0v) is 29.4. The molecule has 0 amide bonds. The minimum Gasteiger partial charge on any atom is -0.504 e. The number of hydrogen-bond acceptors (Lipinski definition) is 14. The Balaban J connectivity index is 1.17. The summed E-state index contributed by atoms with van der Waals surface area (Å²) in [5.74, 6) is 0.00432. The molecule has 3 aromatic rings. The van der Waals surface area contributed by atoms with Crippen molar-refractivity contribution in [1.82, 2.24) is 9.80 Å². The number of nitro benzene ring substituents is 1. The number of ether oxygens (including phenoxy) is 7. The van der Waals surface area contributed by atoms with Crippen molar-refractivity contribution in [1.29, 1.82) is 0 Å².